The van der Waals surface area contributed by atoms with Crippen molar-refractivity contribution in [2.24, 2.45) is 0 Å². The molecule has 3 aromatic rings. The highest BCUT2D eigenvalue weighted by molar-refractivity contribution is 5.76. The van der Waals surface area contributed by atoms with E-state index < -0.39 is 22.5 Å². The number of rotatable bonds is 28. The van der Waals surface area contributed by atoms with Gasteiger partial charge in [-0.3, -0.25) is 37.4 Å². The molecule has 0 saturated heterocycles. The fraction of sp³-hybridized carbons (Fsp3) is 0.579. The number of nitrogens with one attached hydrogen (secondary N) is 2. The van der Waals surface area contributed by atoms with E-state index in [1.54, 1.807) is 52.3 Å². The van der Waals surface area contributed by atoms with Crippen molar-refractivity contribution in [3.8, 4) is 0 Å². The summed E-state index contributed by atoms with van der Waals surface area (Å²) in [7, 11) is 3.19. The van der Waals surface area contributed by atoms with Crippen LogP contribution >= 0.6 is 0 Å². The van der Waals surface area contributed by atoms with Gasteiger partial charge in [-0.05, 0) is 25.0 Å². The van der Waals surface area contributed by atoms with Gasteiger partial charge in [0, 0.05) is 76.8 Å². The smallest absolute Gasteiger partial charge is 0.331 e. The predicted octanol–water partition coefficient (Wildman–Crippen LogP) is -0.581. The first-order valence-corrected chi connectivity index (χ1v) is 18.6. The summed E-state index contributed by atoms with van der Waals surface area (Å²) in [6, 6.07) is 6.91. The van der Waals surface area contributed by atoms with Gasteiger partial charge in [-0.1, -0.05) is 24.3 Å². The third-order valence-corrected chi connectivity index (χ3v) is 8.50. The number of aryl methyl sites for hydroxylation is 4. The van der Waals surface area contributed by atoms with Crippen molar-refractivity contribution < 1.29 is 38.0 Å². The molecule has 2 amide bonds. The number of carbonyl (C=O) groups excluding carboxylic acids is 2. The fourth-order valence-electron chi connectivity index (χ4n) is 5.48. The summed E-state index contributed by atoms with van der Waals surface area (Å²) in [5, 5.41) is 5.50. The summed E-state index contributed by atoms with van der Waals surface area (Å²) < 4.78 is 36.1. The Balaban J connectivity index is 1.61. The second kappa shape index (κ2) is 25.4. The van der Waals surface area contributed by atoms with Gasteiger partial charge in [0.05, 0.1) is 79.2 Å². The van der Waals surface area contributed by atoms with E-state index >= 15 is 0 Å². The van der Waals surface area contributed by atoms with Crippen molar-refractivity contribution >= 4 is 11.8 Å². The molecule has 0 atom stereocenters. The topological polar surface area (TPSA) is 202 Å². The average Bonchev–Trinajstić information content (AvgIpc) is 3.19. The Bertz CT molecular complexity index is 1780. The van der Waals surface area contributed by atoms with Gasteiger partial charge in [-0.15, -0.1) is 0 Å². The summed E-state index contributed by atoms with van der Waals surface area (Å²) >= 11 is 0. The van der Waals surface area contributed by atoms with Gasteiger partial charge in [0.1, 0.15) is 0 Å². The highest BCUT2D eigenvalue weighted by atomic mass is 16.5. The lowest BCUT2D eigenvalue weighted by molar-refractivity contribution is -0.122. The third-order valence-electron chi connectivity index (χ3n) is 8.50. The molecule has 0 radical (unpaired) electrons. The minimum absolute atomic E-state index is 0.00123. The van der Waals surface area contributed by atoms with Crippen LogP contribution in [0.5, 0.6) is 0 Å². The van der Waals surface area contributed by atoms with Crippen LogP contribution in [0.4, 0.5) is 0 Å². The Morgan fingerprint density at radius 3 is 1.29 bits per heavy atom. The minimum Gasteiger partial charge on any atom is -0.382 e. The first kappa shape index (κ1) is 45.7. The van der Waals surface area contributed by atoms with Crippen molar-refractivity contribution in [1.29, 1.82) is 0 Å². The molecule has 0 fully saturated rings. The van der Waals surface area contributed by atoms with E-state index in [2.05, 4.69) is 10.6 Å². The zero-order chi connectivity index (χ0) is 40.7. The zero-order valence-corrected chi connectivity index (χ0v) is 32.9. The van der Waals surface area contributed by atoms with Crippen molar-refractivity contribution in [3.63, 3.8) is 0 Å². The molecule has 0 unspecified atom stereocenters. The largest absolute Gasteiger partial charge is 0.382 e. The van der Waals surface area contributed by atoms with Gasteiger partial charge in [0.25, 0.3) is 11.1 Å². The summed E-state index contributed by atoms with van der Waals surface area (Å²) in [6.45, 7) is 7.69. The Labute approximate surface area is 325 Å². The molecule has 0 spiro atoms. The lowest BCUT2D eigenvalue weighted by Gasteiger charge is -2.16. The molecule has 18 heteroatoms. The zero-order valence-electron chi connectivity index (χ0n) is 32.9. The monoisotopic (exact) mass is 788 g/mol. The number of methoxy groups -OCH3 is 2. The van der Waals surface area contributed by atoms with Gasteiger partial charge >= 0.3 is 11.4 Å². The SMILES string of the molecule is COCCOCCOCCNC(=O)CCn1cc(C)c(=O)n(Cc2ccccc2Cn2c(=O)c(C)cn(CCC(=O)NCCOCCOCCOC)c2=O)c1=O. The highest BCUT2D eigenvalue weighted by Gasteiger charge is 2.16. The normalized spacial score (nSPS) is 11.2. The van der Waals surface area contributed by atoms with Crippen LogP contribution in [0.25, 0.3) is 0 Å². The Morgan fingerprint density at radius 1 is 0.554 bits per heavy atom. The first-order valence-electron chi connectivity index (χ1n) is 18.6. The summed E-state index contributed by atoms with van der Waals surface area (Å²) in [5.74, 6) is -0.567. The maximum Gasteiger partial charge on any atom is 0.331 e. The Morgan fingerprint density at radius 2 is 0.911 bits per heavy atom. The van der Waals surface area contributed by atoms with E-state index in [1.807, 2.05) is 0 Å². The molecule has 0 aliphatic carbocycles. The molecular weight excluding hydrogens is 732 g/mol. The van der Waals surface area contributed by atoms with Crippen molar-refractivity contribution in [3.05, 3.63) is 101 Å². The lowest BCUT2D eigenvalue weighted by atomic mass is 10.1. The molecule has 0 aliphatic heterocycles. The number of amides is 2. The molecule has 2 N–H and O–H groups in total. The molecule has 2 heterocycles. The van der Waals surface area contributed by atoms with Gasteiger partial charge in [-0.25, -0.2) is 9.59 Å². The van der Waals surface area contributed by atoms with E-state index in [1.165, 1.54) is 21.5 Å². The second-order valence-corrected chi connectivity index (χ2v) is 12.8. The van der Waals surface area contributed by atoms with Crippen LogP contribution in [0.15, 0.2) is 55.8 Å². The maximum atomic E-state index is 13.5. The number of hydrogen-bond donors (Lipinski definition) is 2. The van der Waals surface area contributed by atoms with Crippen LogP contribution in [0.2, 0.25) is 0 Å². The summed E-state index contributed by atoms with van der Waals surface area (Å²) in [5.41, 5.74) is -0.496. The number of ether oxygens (including phenoxy) is 6. The first-order chi connectivity index (χ1) is 27.1. The van der Waals surface area contributed by atoms with Gasteiger partial charge in [0.15, 0.2) is 0 Å². The number of nitrogens with zero attached hydrogens (tertiary/aromatic N) is 4. The van der Waals surface area contributed by atoms with Crippen LogP contribution in [0.1, 0.15) is 35.1 Å². The third kappa shape index (κ3) is 15.4. The van der Waals surface area contributed by atoms with Crippen molar-refractivity contribution in [2.75, 3.05) is 93.4 Å². The minimum atomic E-state index is -0.605. The molecule has 0 saturated carbocycles. The summed E-state index contributed by atoms with van der Waals surface area (Å²) in [6.07, 6.45) is 2.86. The molecule has 18 nitrogen and oxygen atoms in total. The lowest BCUT2D eigenvalue weighted by Crippen LogP contribution is -2.42. The summed E-state index contributed by atoms with van der Waals surface area (Å²) in [4.78, 5) is 78.5. The van der Waals surface area contributed by atoms with E-state index in [4.69, 9.17) is 28.4 Å². The van der Waals surface area contributed by atoms with Gasteiger partial charge in [0.2, 0.25) is 11.8 Å². The number of benzene rings is 1. The molecule has 310 valence electrons. The average molecular weight is 789 g/mol. The molecule has 56 heavy (non-hydrogen) atoms. The van der Waals surface area contributed by atoms with Crippen LogP contribution < -0.4 is 33.1 Å². The number of carbonyl (C=O) groups is 2. The second-order valence-electron chi connectivity index (χ2n) is 12.8. The van der Waals surface area contributed by atoms with Gasteiger partial charge in [-0.2, -0.15) is 0 Å². The maximum absolute atomic E-state index is 13.5. The standard InChI is InChI=1S/C38H56N6O12/c1-29-25-41(13-9-33(45)39-11-15-53-21-23-55-19-17-51-3)37(49)43(35(29)47)27-31-7-5-6-8-32(31)28-44-36(48)30(2)26-42(38(44)50)14-10-34(46)40-12-16-54-22-24-56-20-18-52-4/h5-8,25-26H,9-24,27-28H2,1-4H3,(H,39,45)(H,40,46). The predicted molar refractivity (Wildman–Crippen MR) is 206 cm³/mol. The van der Waals surface area contributed by atoms with Crippen LogP contribution in [0, 0.1) is 13.8 Å². The van der Waals surface area contributed by atoms with Crippen molar-refractivity contribution in [1.82, 2.24) is 28.9 Å². The molecule has 3 rings (SSSR count). The van der Waals surface area contributed by atoms with E-state index in [9.17, 15) is 28.8 Å². The molecule has 0 bridgehead atoms. The Kier molecular flexibility index (Phi) is 20.7. The van der Waals surface area contributed by atoms with E-state index in [0.717, 1.165) is 9.13 Å². The number of hydrogen-bond acceptors (Lipinski definition) is 12. The highest BCUT2D eigenvalue weighted by Crippen LogP contribution is 2.11. The van der Waals surface area contributed by atoms with Gasteiger partial charge < -0.3 is 39.1 Å². The fourth-order valence-corrected chi connectivity index (χ4v) is 5.48. The number of aromatic nitrogens is 4. The molecule has 0 aliphatic rings. The molecule has 2 aromatic heterocycles. The molecule has 1 aromatic carbocycles. The van der Waals surface area contributed by atoms with Crippen molar-refractivity contribution in [2.45, 2.75) is 52.9 Å². The van der Waals surface area contributed by atoms with Crippen LogP contribution in [0.3, 0.4) is 0 Å². The van der Waals surface area contributed by atoms with E-state index in [0.29, 0.717) is 88.3 Å². The molecular formula is C38H56N6O12. The Hall–Kier alpha value is -4.72. The van der Waals surface area contributed by atoms with Crippen LogP contribution in [-0.4, -0.2) is 123 Å². The quantitative estimate of drug-likeness (QED) is 0.0889. The van der Waals surface area contributed by atoms with E-state index in [-0.39, 0.29) is 63.9 Å². The van der Waals surface area contributed by atoms with Crippen LogP contribution in [-0.2, 0) is 64.2 Å².